The number of aliphatic hydroxyl groups is 1. The summed E-state index contributed by atoms with van der Waals surface area (Å²) in [7, 11) is 0. The van der Waals surface area contributed by atoms with E-state index in [1.54, 1.807) is 17.0 Å². The van der Waals surface area contributed by atoms with E-state index in [2.05, 4.69) is 5.32 Å². The number of nitrogens with zero attached hydrogens (tertiary/aromatic N) is 1. The maximum absolute atomic E-state index is 13.4. The van der Waals surface area contributed by atoms with Gasteiger partial charge in [0.15, 0.2) is 0 Å². The van der Waals surface area contributed by atoms with Gasteiger partial charge in [-0.2, -0.15) is 0 Å². The summed E-state index contributed by atoms with van der Waals surface area (Å²) in [4.78, 5) is 13.2. The van der Waals surface area contributed by atoms with Crippen molar-refractivity contribution in [2.24, 2.45) is 0 Å². The van der Waals surface area contributed by atoms with E-state index in [-0.39, 0.29) is 18.1 Å². The van der Waals surface area contributed by atoms with Crippen LogP contribution in [0.3, 0.4) is 0 Å². The van der Waals surface area contributed by atoms with E-state index in [0.29, 0.717) is 13.1 Å². The maximum Gasteiger partial charge on any atom is 0.317 e. The van der Waals surface area contributed by atoms with Crippen molar-refractivity contribution in [3.8, 4) is 0 Å². The van der Waals surface area contributed by atoms with Crippen LogP contribution in [0.5, 0.6) is 0 Å². The van der Waals surface area contributed by atoms with E-state index < -0.39 is 11.9 Å². The van der Waals surface area contributed by atoms with E-state index >= 15 is 0 Å². The van der Waals surface area contributed by atoms with Crippen molar-refractivity contribution < 1.29 is 14.3 Å². The number of amides is 2. The van der Waals surface area contributed by atoms with Crippen molar-refractivity contribution in [3.63, 3.8) is 0 Å². The first-order chi connectivity index (χ1) is 8.60. The van der Waals surface area contributed by atoms with Crippen molar-refractivity contribution in [1.82, 2.24) is 10.2 Å². The highest BCUT2D eigenvalue weighted by molar-refractivity contribution is 5.74. The molecule has 18 heavy (non-hydrogen) atoms. The summed E-state index contributed by atoms with van der Waals surface area (Å²) >= 11 is 0. The molecule has 0 spiro atoms. The summed E-state index contributed by atoms with van der Waals surface area (Å²) in [6.45, 7) is 4.93. The minimum Gasteiger partial charge on any atom is -0.386 e. The molecular formula is C13H19FN2O2. The van der Waals surface area contributed by atoms with Gasteiger partial charge in [0.25, 0.3) is 0 Å². The van der Waals surface area contributed by atoms with Gasteiger partial charge in [0.1, 0.15) is 5.82 Å². The lowest BCUT2D eigenvalue weighted by Crippen LogP contribution is -2.41. The molecule has 2 amide bonds. The van der Waals surface area contributed by atoms with Gasteiger partial charge in [0.2, 0.25) is 0 Å². The molecule has 1 aromatic carbocycles. The quantitative estimate of drug-likeness (QED) is 0.843. The van der Waals surface area contributed by atoms with Gasteiger partial charge in [0, 0.05) is 25.2 Å². The molecule has 0 heterocycles. The Morgan fingerprint density at radius 1 is 1.39 bits per heavy atom. The summed E-state index contributed by atoms with van der Waals surface area (Å²) in [5.74, 6) is -0.470. The van der Waals surface area contributed by atoms with Gasteiger partial charge in [-0.25, -0.2) is 9.18 Å². The summed E-state index contributed by atoms with van der Waals surface area (Å²) < 4.78 is 13.4. The van der Waals surface area contributed by atoms with Gasteiger partial charge < -0.3 is 15.3 Å². The molecule has 0 aliphatic heterocycles. The van der Waals surface area contributed by atoms with Crippen molar-refractivity contribution in [1.29, 1.82) is 0 Å². The number of carbonyl (C=O) groups is 1. The average Bonchev–Trinajstić information content (AvgIpc) is 2.38. The molecule has 2 N–H and O–H groups in total. The van der Waals surface area contributed by atoms with Gasteiger partial charge in [-0.05, 0) is 19.9 Å². The Balaban J connectivity index is 2.54. The monoisotopic (exact) mass is 254 g/mol. The summed E-state index contributed by atoms with van der Waals surface area (Å²) in [5.41, 5.74) is 0.192. The number of hydrogen-bond acceptors (Lipinski definition) is 2. The Labute approximate surface area is 106 Å². The predicted octanol–water partition coefficient (Wildman–Crippen LogP) is 1.91. The molecule has 0 aromatic heterocycles. The fourth-order valence-electron chi connectivity index (χ4n) is 1.66. The molecular weight excluding hydrogens is 235 g/mol. The van der Waals surface area contributed by atoms with Crippen LogP contribution in [0, 0.1) is 5.82 Å². The van der Waals surface area contributed by atoms with Crippen LogP contribution in [0.4, 0.5) is 9.18 Å². The van der Waals surface area contributed by atoms with Crippen LogP contribution in [0.25, 0.3) is 0 Å². The zero-order valence-corrected chi connectivity index (χ0v) is 10.7. The van der Waals surface area contributed by atoms with Crippen LogP contribution < -0.4 is 5.32 Å². The third kappa shape index (κ3) is 3.70. The largest absolute Gasteiger partial charge is 0.386 e. The van der Waals surface area contributed by atoms with Gasteiger partial charge >= 0.3 is 6.03 Å². The van der Waals surface area contributed by atoms with E-state index in [4.69, 9.17) is 0 Å². The number of urea groups is 1. The third-order valence-electron chi connectivity index (χ3n) is 2.76. The van der Waals surface area contributed by atoms with E-state index in [0.717, 1.165) is 0 Å². The molecule has 5 heteroatoms. The van der Waals surface area contributed by atoms with Crippen LogP contribution >= 0.6 is 0 Å². The SMILES string of the molecule is CCN(CC)C(=O)NCC(O)c1ccccc1F. The first kappa shape index (κ1) is 14.4. The van der Waals surface area contributed by atoms with Crippen LogP contribution in [-0.2, 0) is 0 Å². The number of rotatable bonds is 5. The van der Waals surface area contributed by atoms with Crippen LogP contribution in [0.15, 0.2) is 24.3 Å². The summed E-state index contributed by atoms with van der Waals surface area (Å²) in [6, 6.07) is 5.73. The standard InChI is InChI=1S/C13H19FN2O2/c1-3-16(4-2)13(18)15-9-12(17)10-7-5-6-8-11(10)14/h5-8,12,17H,3-4,9H2,1-2H3,(H,15,18). The molecule has 1 aromatic rings. The zero-order valence-electron chi connectivity index (χ0n) is 10.7. The highest BCUT2D eigenvalue weighted by Crippen LogP contribution is 2.15. The number of aliphatic hydroxyl groups excluding tert-OH is 1. The van der Waals surface area contributed by atoms with E-state index in [1.807, 2.05) is 13.8 Å². The molecule has 4 nitrogen and oxygen atoms in total. The third-order valence-corrected chi connectivity index (χ3v) is 2.76. The number of nitrogens with one attached hydrogen (secondary N) is 1. The molecule has 0 aliphatic carbocycles. The fourth-order valence-corrected chi connectivity index (χ4v) is 1.66. The molecule has 100 valence electrons. The number of halogens is 1. The van der Waals surface area contributed by atoms with E-state index in [9.17, 15) is 14.3 Å². The first-order valence-corrected chi connectivity index (χ1v) is 6.05. The van der Waals surface area contributed by atoms with Crippen molar-refractivity contribution in [3.05, 3.63) is 35.6 Å². The molecule has 1 rings (SSSR count). The topological polar surface area (TPSA) is 52.6 Å². The van der Waals surface area contributed by atoms with E-state index in [1.165, 1.54) is 12.1 Å². The molecule has 0 radical (unpaired) electrons. The van der Waals surface area contributed by atoms with Gasteiger partial charge in [0.05, 0.1) is 6.10 Å². The highest BCUT2D eigenvalue weighted by atomic mass is 19.1. The molecule has 0 bridgehead atoms. The maximum atomic E-state index is 13.4. The van der Waals surface area contributed by atoms with Gasteiger partial charge in [-0.1, -0.05) is 18.2 Å². The second-order valence-corrected chi connectivity index (χ2v) is 3.90. The minimum absolute atomic E-state index is 0.00370. The Kier molecular flexibility index (Phi) is 5.58. The molecule has 0 fully saturated rings. The Hall–Kier alpha value is -1.62. The summed E-state index contributed by atoms with van der Waals surface area (Å²) in [5, 5.41) is 12.4. The average molecular weight is 254 g/mol. The number of carbonyl (C=O) groups excluding carboxylic acids is 1. The molecule has 1 unspecified atom stereocenters. The lowest BCUT2D eigenvalue weighted by molar-refractivity contribution is 0.160. The van der Waals surface area contributed by atoms with Crippen molar-refractivity contribution >= 4 is 6.03 Å². The predicted molar refractivity (Wildman–Crippen MR) is 67.7 cm³/mol. The van der Waals surface area contributed by atoms with Gasteiger partial charge in [-0.15, -0.1) is 0 Å². The minimum atomic E-state index is -1.04. The lowest BCUT2D eigenvalue weighted by Gasteiger charge is -2.20. The number of hydrogen-bond donors (Lipinski definition) is 2. The lowest BCUT2D eigenvalue weighted by atomic mass is 10.1. The van der Waals surface area contributed by atoms with Crippen molar-refractivity contribution in [2.45, 2.75) is 20.0 Å². The highest BCUT2D eigenvalue weighted by Gasteiger charge is 2.15. The molecule has 0 aliphatic rings. The molecule has 0 saturated carbocycles. The van der Waals surface area contributed by atoms with Gasteiger partial charge in [-0.3, -0.25) is 0 Å². The normalized spacial score (nSPS) is 12.0. The first-order valence-electron chi connectivity index (χ1n) is 6.05. The number of benzene rings is 1. The smallest absolute Gasteiger partial charge is 0.317 e. The Bertz CT molecular complexity index is 394. The second kappa shape index (κ2) is 6.96. The molecule has 0 saturated heterocycles. The second-order valence-electron chi connectivity index (χ2n) is 3.90. The Morgan fingerprint density at radius 2 is 2.00 bits per heavy atom. The van der Waals surface area contributed by atoms with Crippen molar-refractivity contribution in [2.75, 3.05) is 19.6 Å². The van der Waals surface area contributed by atoms with Crippen LogP contribution in [-0.4, -0.2) is 35.7 Å². The fraction of sp³-hybridized carbons (Fsp3) is 0.462. The molecule has 1 atom stereocenters. The summed E-state index contributed by atoms with van der Waals surface area (Å²) in [6.07, 6.45) is -1.04. The zero-order chi connectivity index (χ0) is 13.5. The Morgan fingerprint density at radius 3 is 2.56 bits per heavy atom. The van der Waals surface area contributed by atoms with Crippen LogP contribution in [0.2, 0.25) is 0 Å². The van der Waals surface area contributed by atoms with Crippen LogP contribution in [0.1, 0.15) is 25.5 Å².